The first-order chi connectivity index (χ1) is 17.4. The van der Waals surface area contributed by atoms with Gasteiger partial charge in [-0.1, -0.05) is 62.6 Å². The molecule has 2 N–H and O–H groups in total. The van der Waals surface area contributed by atoms with E-state index in [2.05, 4.69) is 91.3 Å². The van der Waals surface area contributed by atoms with Crippen LogP contribution in [0.2, 0.25) is 0 Å². The minimum Gasteiger partial charge on any atom is -0.494 e. The number of fused-ring (bicyclic) bond motifs is 2. The molecule has 0 bridgehead atoms. The summed E-state index contributed by atoms with van der Waals surface area (Å²) in [4.78, 5) is 19.1. The lowest BCUT2D eigenvalue weighted by Gasteiger charge is -2.11. The maximum Gasteiger partial charge on any atom is 0.328 e. The monoisotopic (exact) mass is 486 g/mol. The third-order valence-corrected chi connectivity index (χ3v) is 5.85. The topological polar surface area (TPSA) is 87.7 Å². The maximum atomic E-state index is 9.55. The second kappa shape index (κ2) is 13.0. The number of para-hydroxylation sites is 2. The Morgan fingerprint density at radius 3 is 1.81 bits per heavy atom. The number of benzene rings is 3. The maximum absolute atomic E-state index is 9.55. The Morgan fingerprint density at radius 1 is 0.778 bits per heavy atom. The number of ether oxygens (including phenoxy) is 1. The summed E-state index contributed by atoms with van der Waals surface area (Å²) in [5, 5.41) is 18.2. The Kier molecular flexibility index (Phi) is 9.57. The normalized spacial score (nSPS) is 10.8. The number of unbranched alkanes of at least 4 members (excludes halogenated alkanes) is 3. The van der Waals surface area contributed by atoms with Crippen molar-refractivity contribution in [2.45, 2.75) is 32.6 Å². The second-order valence-corrected chi connectivity index (χ2v) is 8.41. The number of carboxylic acids is 2. The van der Waals surface area contributed by atoms with Gasteiger partial charge in [0.25, 0.3) is 0 Å². The van der Waals surface area contributed by atoms with Crippen molar-refractivity contribution in [3.8, 4) is 16.9 Å². The molecule has 4 aromatic rings. The van der Waals surface area contributed by atoms with Crippen LogP contribution in [-0.4, -0.2) is 28.8 Å². The number of pyridine rings is 1. The minimum absolute atomic E-state index is 0.558. The molecule has 0 amide bonds. The van der Waals surface area contributed by atoms with Gasteiger partial charge in [0.05, 0.1) is 17.4 Å². The van der Waals surface area contributed by atoms with E-state index >= 15 is 0 Å². The fourth-order valence-corrected chi connectivity index (χ4v) is 4.12. The zero-order chi connectivity index (χ0) is 25.9. The molecule has 4 rings (SSSR count). The van der Waals surface area contributed by atoms with E-state index in [1.54, 1.807) is 0 Å². The Hall–Kier alpha value is -4.19. The zero-order valence-electron chi connectivity index (χ0n) is 20.7. The van der Waals surface area contributed by atoms with Crippen molar-refractivity contribution in [3.05, 3.63) is 84.9 Å². The molecular formula is C30H32NO5+. The van der Waals surface area contributed by atoms with E-state index in [9.17, 15) is 9.59 Å². The zero-order valence-corrected chi connectivity index (χ0v) is 20.7. The van der Waals surface area contributed by atoms with Crippen molar-refractivity contribution < 1.29 is 29.1 Å². The first-order valence-corrected chi connectivity index (χ1v) is 12.1. The van der Waals surface area contributed by atoms with Gasteiger partial charge >= 0.3 is 11.9 Å². The lowest BCUT2D eigenvalue weighted by molar-refractivity contribution is -0.617. The first kappa shape index (κ1) is 26.4. The Morgan fingerprint density at radius 2 is 1.31 bits per heavy atom. The quantitative estimate of drug-likeness (QED) is 0.128. The number of hydrogen-bond donors (Lipinski definition) is 2. The highest BCUT2D eigenvalue weighted by Gasteiger charge is 2.18. The summed E-state index contributed by atoms with van der Waals surface area (Å²) in [7, 11) is 2.14. The molecule has 3 aromatic carbocycles. The van der Waals surface area contributed by atoms with Crippen LogP contribution < -0.4 is 9.30 Å². The van der Waals surface area contributed by atoms with E-state index in [4.69, 9.17) is 14.9 Å². The van der Waals surface area contributed by atoms with Crippen LogP contribution in [0.25, 0.3) is 32.9 Å². The molecule has 1 heterocycles. The summed E-state index contributed by atoms with van der Waals surface area (Å²) in [6, 6.07) is 25.9. The molecule has 6 nitrogen and oxygen atoms in total. The summed E-state index contributed by atoms with van der Waals surface area (Å²) in [6.45, 7) is 3.03. The molecule has 36 heavy (non-hydrogen) atoms. The number of carbonyl (C=O) groups is 2. The van der Waals surface area contributed by atoms with Crippen molar-refractivity contribution in [2.75, 3.05) is 6.61 Å². The number of hydrogen-bond acceptors (Lipinski definition) is 3. The molecule has 0 spiro atoms. The highest BCUT2D eigenvalue weighted by molar-refractivity contribution is 6.07. The Bertz CT molecular complexity index is 1290. The number of aliphatic carboxylic acids is 2. The van der Waals surface area contributed by atoms with Crippen LogP contribution in [0.3, 0.4) is 0 Å². The third-order valence-electron chi connectivity index (χ3n) is 5.85. The van der Waals surface area contributed by atoms with Gasteiger partial charge < -0.3 is 14.9 Å². The molecule has 0 unspecified atom stereocenters. The first-order valence-electron chi connectivity index (χ1n) is 12.1. The molecule has 0 radical (unpaired) electrons. The average Bonchev–Trinajstić information content (AvgIpc) is 2.89. The summed E-state index contributed by atoms with van der Waals surface area (Å²) < 4.78 is 8.21. The van der Waals surface area contributed by atoms with Crippen LogP contribution in [-0.2, 0) is 16.6 Å². The van der Waals surface area contributed by atoms with Crippen LogP contribution in [0, 0.1) is 0 Å². The van der Waals surface area contributed by atoms with E-state index in [0.717, 1.165) is 18.8 Å². The van der Waals surface area contributed by atoms with E-state index < -0.39 is 11.9 Å². The molecule has 0 saturated heterocycles. The molecule has 186 valence electrons. The van der Waals surface area contributed by atoms with Gasteiger partial charge in [0.15, 0.2) is 0 Å². The van der Waals surface area contributed by atoms with Gasteiger partial charge in [0, 0.05) is 29.8 Å². The van der Waals surface area contributed by atoms with Gasteiger partial charge in [0.2, 0.25) is 11.0 Å². The standard InChI is InChI=1S/C26H28NO.C4H4O4/c1-3-4-5-10-19-28-21-17-15-20(16-18-21)26-22-11-6-8-13-24(22)27(2)25-14-9-7-12-23(25)26;5-3(6)1-2-4(7)8/h6-9,11-18H,3-5,10,19H2,1-2H3;1-2H,(H,5,6)(H,7,8)/q+1;/b;2-1+. The number of aryl methyl sites for hydroxylation is 1. The fourth-order valence-electron chi connectivity index (χ4n) is 4.12. The fraction of sp³-hybridized carbons (Fsp3) is 0.233. The predicted molar refractivity (Wildman–Crippen MR) is 142 cm³/mol. The van der Waals surface area contributed by atoms with Crippen molar-refractivity contribution in [2.24, 2.45) is 7.05 Å². The van der Waals surface area contributed by atoms with Gasteiger partial charge in [0.1, 0.15) is 12.8 Å². The number of rotatable bonds is 9. The number of aromatic nitrogens is 1. The molecular weight excluding hydrogens is 454 g/mol. The molecule has 1 aromatic heterocycles. The van der Waals surface area contributed by atoms with Gasteiger partial charge in [-0.25, -0.2) is 9.59 Å². The smallest absolute Gasteiger partial charge is 0.328 e. The molecule has 0 aliphatic rings. The Labute approximate surface area is 211 Å². The SMILES string of the molecule is CCCCCCOc1ccc(-c2c3ccccc3[n+](C)c3ccccc23)cc1.O=C(O)/C=C/C(=O)O. The third kappa shape index (κ3) is 6.92. The summed E-state index contributed by atoms with van der Waals surface area (Å²) >= 11 is 0. The van der Waals surface area contributed by atoms with Crippen LogP contribution in [0.4, 0.5) is 0 Å². The van der Waals surface area contributed by atoms with Crippen molar-refractivity contribution >= 4 is 33.7 Å². The van der Waals surface area contributed by atoms with Crippen molar-refractivity contribution in [3.63, 3.8) is 0 Å². The highest BCUT2D eigenvalue weighted by atomic mass is 16.5. The van der Waals surface area contributed by atoms with Crippen molar-refractivity contribution in [1.29, 1.82) is 0 Å². The molecule has 6 heteroatoms. The molecule has 0 aliphatic heterocycles. The summed E-state index contributed by atoms with van der Waals surface area (Å²) in [6.07, 6.45) is 6.03. The van der Waals surface area contributed by atoms with Gasteiger partial charge in [-0.05, 0) is 36.2 Å². The minimum atomic E-state index is -1.26. The highest BCUT2D eigenvalue weighted by Crippen LogP contribution is 2.34. The van der Waals surface area contributed by atoms with E-state index in [1.165, 1.54) is 52.2 Å². The number of nitrogens with zero attached hydrogens (tertiary/aromatic N) is 1. The van der Waals surface area contributed by atoms with Crippen LogP contribution in [0.5, 0.6) is 5.75 Å². The predicted octanol–water partition coefficient (Wildman–Crippen LogP) is 6.16. The molecule has 0 aliphatic carbocycles. The second-order valence-electron chi connectivity index (χ2n) is 8.41. The van der Waals surface area contributed by atoms with E-state index in [0.29, 0.717) is 12.2 Å². The van der Waals surface area contributed by atoms with E-state index in [-0.39, 0.29) is 0 Å². The van der Waals surface area contributed by atoms with Gasteiger partial charge in [-0.2, -0.15) is 4.57 Å². The molecule has 0 fully saturated rings. The summed E-state index contributed by atoms with van der Waals surface area (Å²) in [5.74, 6) is -1.56. The van der Waals surface area contributed by atoms with Crippen LogP contribution in [0.1, 0.15) is 32.6 Å². The number of carboxylic acid groups (broad SMARTS) is 2. The average molecular weight is 487 g/mol. The summed E-state index contributed by atoms with van der Waals surface area (Å²) in [5.41, 5.74) is 5.00. The van der Waals surface area contributed by atoms with Gasteiger partial charge in [-0.15, -0.1) is 0 Å². The molecule has 0 saturated carbocycles. The van der Waals surface area contributed by atoms with Crippen LogP contribution >= 0.6 is 0 Å². The van der Waals surface area contributed by atoms with Gasteiger partial charge in [-0.3, -0.25) is 0 Å². The lowest BCUT2D eigenvalue weighted by Crippen LogP contribution is -2.30. The van der Waals surface area contributed by atoms with Crippen molar-refractivity contribution in [1.82, 2.24) is 0 Å². The largest absolute Gasteiger partial charge is 0.494 e. The van der Waals surface area contributed by atoms with Crippen LogP contribution in [0.15, 0.2) is 84.9 Å². The Balaban J connectivity index is 0.000000392. The molecule has 0 atom stereocenters. The lowest BCUT2D eigenvalue weighted by atomic mass is 9.96. The van der Waals surface area contributed by atoms with E-state index in [1.807, 2.05) is 0 Å².